The average molecular weight is 323 g/mol. The Labute approximate surface area is 136 Å². The van der Waals surface area contributed by atoms with Crippen LogP contribution in [0.1, 0.15) is 37.0 Å². The molecule has 0 aromatic carbocycles. The van der Waals surface area contributed by atoms with Crippen molar-refractivity contribution in [3.63, 3.8) is 0 Å². The summed E-state index contributed by atoms with van der Waals surface area (Å²) in [5.41, 5.74) is 6.16. The zero-order valence-corrected chi connectivity index (χ0v) is 14.2. The zero-order chi connectivity index (χ0) is 16.2. The fraction of sp³-hybridized carbons (Fsp3) is 0.625. The van der Waals surface area contributed by atoms with Gasteiger partial charge in [0.15, 0.2) is 0 Å². The van der Waals surface area contributed by atoms with Gasteiger partial charge in [-0.05, 0) is 24.3 Å². The molecular formula is C16H25N3O2S. The molecule has 122 valence electrons. The van der Waals surface area contributed by atoms with E-state index in [0.717, 1.165) is 18.4 Å². The molecule has 0 atom stereocenters. The molecule has 6 heteroatoms. The van der Waals surface area contributed by atoms with E-state index in [9.17, 15) is 9.59 Å². The first kappa shape index (κ1) is 17.0. The van der Waals surface area contributed by atoms with E-state index in [2.05, 4.69) is 0 Å². The first-order chi connectivity index (χ1) is 10.6. The van der Waals surface area contributed by atoms with E-state index < -0.39 is 5.41 Å². The average Bonchev–Trinajstić information content (AvgIpc) is 3.11. The highest BCUT2D eigenvalue weighted by atomic mass is 32.1. The summed E-state index contributed by atoms with van der Waals surface area (Å²) in [6, 6.07) is 1.85. The molecule has 1 aromatic rings. The normalized spacial score (nSPS) is 16.0. The Morgan fingerprint density at radius 3 is 2.23 bits per heavy atom. The number of carbonyl (C=O) groups is 2. The minimum Gasteiger partial charge on any atom is -0.339 e. The highest BCUT2D eigenvalue weighted by molar-refractivity contribution is 7.08. The van der Waals surface area contributed by atoms with Crippen molar-refractivity contribution in [1.29, 1.82) is 0 Å². The Morgan fingerprint density at radius 2 is 1.77 bits per heavy atom. The number of thiophene rings is 1. The molecule has 1 aliphatic heterocycles. The number of nitrogens with zero attached hydrogens (tertiary/aromatic N) is 2. The molecule has 5 nitrogen and oxygen atoms in total. The highest BCUT2D eigenvalue weighted by Gasteiger charge is 2.38. The van der Waals surface area contributed by atoms with Gasteiger partial charge in [0, 0.05) is 38.1 Å². The molecule has 22 heavy (non-hydrogen) atoms. The summed E-state index contributed by atoms with van der Waals surface area (Å²) in [6.07, 6.45) is 1.51. The van der Waals surface area contributed by atoms with E-state index in [4.69, 9.17) is 5.73 Å². The Balaban J connectivity index is 1.97. The highest BCUT2D eigenvalue weighted by Crippen LogP contribution is 2.28. The van der Waals surface area contributed by atoms with Gasteiger partial charge in [-0.25, -0.2) is 0 Å². The van der Waals surface area contributed by atoms with Crippen LogP contribution in [0.5, 0.6) is 0 Å². The third-order valence-corrected chi connectivity index (χ3v) is 5.50. The number of amides is 2. The van der Waals surface area contributed by atoms with Crippen molar-refractivity contribution in [1.82, 2.24) is 9.80 Å². The second kappa shape index (κ2) is 7.24. The van der Waals surface area contributed by atoms with E-state index in [-0.39, 0.29) is 11.8 Å². The lowest BCUT2D eigenvalue weighted by atomic mass is 9.81. The minimum atomic E-state index is -0.445. The van der Waals surface area contributed by atoms with Crippen LogP contribution in [0, 0.1) is 5.41 Å². The van der Waals surface area contributed by atoms with Crippen LogP contribution in [-0.2, 0) is 4.79 Å². The van der Waals surface area contributed by atoms with Crippen LogP contribution in [0.2, 0.25) is 0 Å². The number of hydrogen-bond acceptors (Lipinski definition) is 4. The fourth-order valence-corrected chi connectivity index (χ4v) is 3.57. The molecule has 0 unspecified atom stereocenters. The van der Waals surface area contributed by atoms with Gasteiger partial charge in [0.2, 0.25) is 5.91 Å². The lowest BCUT2D eigenvalue weighted by Gasteiger charge is -2.40. The van der Waals surface area contributed by atoms with Crippen molar-refractivity contribution >= 4 is 23.2 Å². The predicted molar refractivity (Wildman–Crippen MR) is 88.9 cm³/mol. The topological polar surface area (TPSA) is 66.6 Å². The number of piperazine rings is 1. The lowest BCUT2D eigenvalue weighted by Crippen LogP contribution is -2.55. The first-order valence-corrected chi connectivity index (χ1v) is 8.83. The van der Waals surface area contributed by atoms with E-state index in [1.54, 1.807) is 0 Å². The van der Waals surface area contributed by atoms with E-state index >= 15 is 0 Å². The van der Waals surface area contributed by atoms with E-state index in [1.807, 2.05) is 40.5 Å². The number of hydrogen-bond donors (Lipinski definition) is 1. The SMILES string of the molecule is CCC(CC)(CN)C(=O)N1CCN(C(=O)c2ccsc2)CC1. The molecule has 1 aliphatic rings. The van der Waals surface area contributed by atoms with Crippen molar-refractivity contribution < 1.29 is 9.59 Å². The van der Waals surface area contributed by atoms with Crippen LogP contribution in [0.4, 0.5) is 0 Å². The van der Waals surface area contributed by atoms with Gasteiger partial charge in [-0.15, -0.1) is 0 Å². The summed E-state index contributed by atoms with van der Waals surface area (Å²) in [7, 11) is 0. The largest absolute Gasteiger partial charge is 0.339 e. The Hall–Kier alpha value is -1.40. The van der Waals surface area contributed by atoms with E-state index in [1.165, 1.54) is 11.3 Å². The van der Waals surface area contributed by atoms with Gasteiger partial charge >= 0.3 is 0 Å². The summed E-state index contributed by atoms with van der Waals surface area (Å²) in [5.74, 6) is 0.201. The molecule has 0 aliphatic carbocycles. The Bertz CT molecular complexity index is 495. The quantitative estimate of drug-likeness (QED) is 0.898. The van der Waals surface area contributed by atoms with Crippen LogP contribution in [0.3, 0.4) is 0 Å². The summed E-state index contributed by atoms with van der Waals surface area (Å²) in [5, 5.41) is 3.78. The van der Waals surface area contributed by atoms with Gasteiger partial charge in [-0.3, -0.25) is 9.59 Å². The second-order valence-corrected chi connectivity index (χ2v) is 6.57. The van der Waals surface area contributed by atoms with E-state index in [0.29, 0.717) is 32.7 Å². The van der Waals surface area contributed by atoms with Crippen LogP contribution in [0.25, 0.3) is 0 Å². The summed E-state index contributed by atoms with van der Waals surface area (Å²) in [4.78, 5) is 28.8. The number of rotatable bonds is 5. The van der Waals surface area contributed by atoms with Crippen LogP contribution >= 0.6 is 11.3 Å². The Morgan fingerprint density at radius 1 is 1.18 bits per heavy atom. The molecule has 2 amide bonds. The second-order valence-electron chi connectivity index (χ2n) is 5.79. The molecule has 1 fully saturated rings. The molecule has 2 heterocycles. The molecule has 0 spiro atoms. The van der Waals surface area contributed by atoms with Crippen molar-refractivity contribution in [2.24, 2.45) is 11.1 Å². The van der Waals surface area contributed by atoms with Gasteiger partial charge in [-0.2, -0.15) is 11.3 Å². The lowest BCUT2D eigenvalue weighted by molar-refractivity contribution is -0.143. The first-order valence-electron chi connectivity index (χ1n) is 7.89. The molecule has 1 saturated heterocycles. The molecule has 0 radical (unpaired) electrons. The third kappa shape index (κ3) is 3.17. The standard InChI is InChI=1S/C16H25N3O2S/c1-3-16(4-2,12-17)15(21)19-8-6-18(7-9-19)14(20)13-5-10-22-11-13/h5,10-11H,3-4,6-9,12,17H2,1-2H3. The zero-order valence-electron chi connectivity index (χ0n) is 13.4. The Kier molecular flexibility index (Phi) is 5.58. The minimum absolute atomic E-state index is 0.0596. The molecule has 1 aromatic heterocycles. The molecule has 0 saturated carbocycles. The van der Waals surface area contributed by atoms with Crippen LogP contribution in [-0.4, -0.2) is 54.3 Å². The smallest absolute Gasteiger partial charge is 0.254 e. The van der Waals surface area contributed by atoms with Gasteiger partial charge < -0.3 is 15.5 Å². The summed E-state index contributed by atoms with van der Waals surface area (Å²) >= 11 is 1.52. The third-order valence-electron chi connectivity index (χ3n) is 4.82. The van der Waals surface area contributed by atoms with Gasteiger partial charge in [0.1, 0.15) is 0 Å². The maximum Gasteiger partial charge on any atom is 0.254 e. The summed E-state index contributed by atoms with van der Waals surface area (Å²) < 4.78 is 0. The van der Waals surface area contributed by atoms with Crippen LogP contribution in [0.15, 0.2) is 16.8 Å². The molecule has 0 bridgehead atoms. The molecule has 2 N–H and O–H groups in total. The summed E-state index contributed by atoms with van der Waals surface area (Å²) in [6.45, 7) is 6.79. The maximum atomic E-state index is 12.8. The van der Waals surface area contributed by atoms with Crippen molar-refractivity contribution in [3.8, 4) is 0 Å². The number of carbonyl (C=O) groups excluding carboxylic acids is 2. The molecule has 2 rings (SSSR count). The van der Waals surface area contributed by atoms with Gasteiger partial charge in [-0.1, -0.05) is 13.8 Å². The fourth-order valence-electron chi connectivity index (χ4n) is 2.95. The predicted octanol–water partition coefficient (Wildman–Crippen LogP) is 1.80. The van der Waals surface area contributed by atoms with Crippen molar-refractivity contribution in [2.75, 3.05) is 32.7 Å². The van der Waals surface area contributed by atoms with Gasteiger partial charge in [0.25, 0.3) is 5.91 Å². The monoisotopic (exact) mass is 323 g/mol. The molecular weight excluding hydrogens is 298 g/mol. The van der Waals surface area contributed by atoms with Crippen molar-refractivity contribution in [2.45, 2.75) is 26.7 Å². The van der Waals surface area contributed by atoms with Crippen LogP contribution < -0.4 is 5.73 Å². The van der Waals surface area contributed by atoms with Gasteiger partial charge in [0.05, 0.1) is 11.0 Å². The number of nitrogens with two attached hydrogens (primary N) is 1. The van der Waals surface area contributed by atoms with Crippen molar-refractivity contribution in [3.05, 3.63) is 22.4 Å². The maximum absolute atomic E-state index is 12.8.